The van der Waals surface area contributed by atoms with E-state index in [0.29, 0.717) is 0 Å². The van der Waals surface area contributed by atoms with Gasteiger partial charge in [0.05, 0.1) is 21.2 Å². The fourth-order valence-corrected chi connectivity index (χ4v) is 2.08. The van der Waals surface area contributed by atoms with Crippen molar-refractivity contribution < 1.29 is 14.1 Å². The van der Waals surface area contributed by atoms with Crippen molar-refractivity contribution in [2.24, 2.45) is 0 Å². The number of hydrogen-bond acceptors (Lipinski definition) is 5. The van der Waals surface area contributed by atoms with Gasteiger partial charge in [0.15, 0.2) is 0 Å². The van der Waals surface area contributed by atoms with Crippen LogP contribution in [0, 0.1) is 15.9 Å². The van der Waals surface area contributed by atoms with Crippen LogP contribution in [-0.2, 0) is 0 Å². The first-order valence-corrected chi connectivity index (χ1v) is 5.89. The molecule has 0 saturated carbocycles. The summed E-state index contributed by atoms with van der Waals surface area (Å²) in [6.45, 7) is 0. The first kappa shape index (κ1) is 13.0. The largest absolute Gasteiger partial charge is 0.397 e. The molecule has 3 N–H and O–H groups in total. The van der Waals surface area contributed by atoms with Gasteiger partial charge in [-0.2, -0.15) is 0 Å². The summed E-state index contributed by atoms with van der Waals surface area (Å²) in [6.07, 6.45) is 0. The summed E-state index contributed by atoms with van der Waals surface area (Å²) in [5, 5.41) is 12.8. The molecule has 2 rings (SSSR count). The van der Waals surface area contributed by atoms with Crippen LogP contribution in [0.15, 0.2) is 30.3 Å². The summed E-state index contributed by atoms with van der Waals surface area (Å²) in [7, 11) is 0. The third-order valence-electron chi connectivity index (χ3n) is 2.26. The van der Waals surface area contributed by atoms with Gasteiger partial charge in [-0.05, 0) is 24.3 Å². The van der Waals surface area contributed by atoms with Gasteiger partial charge in [0.25, 0.3) is 5.91 Å². The molecule has 1 aromatic heterocycles. The Morgan fingerprint density at radius 2 is 2.11 bits per heavy atom. The number of nitrogen functional groups attached to an aromatic ring is 1. The van der Waals surface area contributed by atoms with Gasteiger partial charge in [-0.1, -0.05) is 11.3 Å². The van der Waals surface area contributed by atoms with Gasteiger partial charge in [-0.15, -0.1) is 0 Å². The average molecular weight is 281 g/mol. The van der Waals surface area contributed by atoms with Crippen molar-refractivity contribution in [2.45, 2.75) is 0 Å². The molecule has 1 aromatic carbocycles. The van der Waals surface area contributed by atoms with Crippen LogP contribution in [0.25, 0.3) is 0 Å². The summed E-state index contributed by atoms with van der Waals surface area (Å²) < 4.78 is 13.0. The molecule has 1 heterocycles. The van der Waals surface area contributed by atoms with Gasteiger partial charge >= 0.3 is 5.00 Å². The van der Waals surface area contributed by atoms with E-state index in [4.69, 9.17) is 5.73 Å². The molecule has 0 fully saturated rings. The topological polar surface area (TPSA) is 98.3 Å². The molecule has 2 aromatic rings. The van der Waals surface area contributed by atoms with Crippen LogP contribution >= 0.6 is 11.3 Å². The Morgan fingerprint density at radius 1 is 1.37 bits per heavy atom. The minimum Gasteiger partial charge on any atom is -0.397 e. The Kier molecular flexibility index (Phi) is 3.43. The Bertz CT molecular complexity index is 656. The van der Waals surface area contributed by atoms with Crippen LogP contribution in [0.2, 0.25) is 0 Å². The van der Waals surface area contributed by atoms with Crippen molar-refractivity contribution in [1.29, 1.82) is 0 Å². The maximum absolute atomic E-state index is 13.0. The number of thiophene rings is 1. The smallest absolute Gasteiger partial charge is 0.324 e. The number of halogens is 1. The van der Waals surface area contributed by atoms with Gasteiger partial charge in [0.1, 0.15) is 5.82 Å². The third kappa shape index (κ3) is 2.86. The molecular weight excluding hydrogens is 273 g/mol. The Morgan fingerprint density at radius 3 is 2.74 bits per heavy atom. The lowest BCUT2D eigenvalue weighted by molar-refractivity contribution is -0.380. The molecule has 19 heavy (non-hydrogen) atoms. The monoisotopic (exact) mass is 281 g/mol. The van der Waals surface area contributed by atoms with Crippen molar-refractivity contribution in [1.82, 2.24) is 0 Å². The van der Waals surface area contributed by atoms with Crippen molar-refractivity contribution in [3.63, 3.8) is 0 Å². The summed E-state index contributed by atoms with van der Waals surface area (Å²) in [5.41, 5.74) is 5.92. The summed E-state index contributed by atoms with van der Waals surface area (Å²) in [5.74, 6) is -1.11. The maximum Gasteiger partial charge on any atom is 0.324 e. The molecular formula is C11H8FN3O3S. The zero-order valence-corrected chi connectivity index (χ0v) is 10.2. The minimum atomic E-state index is -0.585. The van der Waals surface area contributed by atoms with Crippen LogP contribution < -0.4 is 11.1 Å². The third-order valence-corrected chi connectivity index (χ3v) is 3.29. The molecule has 0 aliphatic rings. The fourth-order valence-electron chi connectivity index (χ4n) is 1.37. The van der Waals surface area contributed by atoms with E-state index < -0.39 is 16.6 Å². The Hall–Kier alpha value is -2.48. The van der Waals surface area contributed by atoms with Crippen LogP contribution in [0.3, 0.4) is 0 Å². The zero-order chi connectivity index (χ0) is 14.0. The Labute approximate surface area is 110 Å². The van der Waals surface area contributed by atoms with Crippen molar-refractivity contribution in [3.05, 3.63) is 51.1 Å². The Balaban J connectivity index is 2.20. The molecule has 1 amide bonds. The highest BCUT2D eigenvalue weighted by Gasteiger charge is 2.16. The van der Waals surface area contributed by atoms with E-state index in [0.717, 1.165) is 17.4 Å². The number of benzene rings is 1. The second-order valence-corrected chi connectivity index (χ2v) is 4.64. The molecule has 6 nitrogen and oxygen atoms in total. The highest BCUT2D eigenvalue weighted by molar-refractivity contribution is 7.17. The van der Waals surface area contributed by atoms with E-state index in [1.165, 1.54) is 24.3 Å². The molecule has 0 radical (unpaired) electrons. The second kappa shape index (κ2) is 5.02. The van der Waals surface area contributed by atoms with Gasteiger partial charge in [-0.3, -0.25) is 14.9 Å². The van der Waals surface area contributed by atoms with E-state index in [9.17, 15) is 19.3 Å². The lowest BCUT2D eigenvalue weighted by Gasteiger charge is -2.06. The van der Waals surface area contributed by atoms with Gasteiger partial charge < -0.3 is 11.1 Å². The fraction of sp³-hybridized carbons (Fsp3) is 0. The van der Waals surface area contributed by atoms with Crippen LogP contribution in [0.4, 0.5) is 20.8 Å². The predicted molar refractivity (Wildman–Crippen MR) is 69.7 cm³/mol. The number of carbonyl (C=O) groups excluding carboxylic acids is 1. The quantitative estimate of drug-likeness (QED) is 0.513. The molecule has 0 saturated heterocycles. The maximum atomic E-state index is 13.0. The van der Waals surface area contributed by atoms with Crippen molar-refractivity contribution in [3.8, 4) is 0 Å². The predicted octanol–water partition coefficient (Wildman–Crippen LogP) is 2.63. The van der Waals surface area contributed by atoms with E-state index >= 15 is 0 Å². The number of nitro groups is 1. The lowest BCUT2D eigenvalue weighted by atomic mass is 10.2. The van der Waals surface area contributed by atoms with Crippen LogP contribution in [0.1, 0.15) is 9.67 Å². The SMILES string of the molecule is Nc1ccc(F)cc1NC(=O)c1ccc([N+](=O)[O-])s1. The molecule has 0 aliphatic heterocycles. The number of rotatable bonds is 3. The summed E-state index contributed by atoms with van der Waals surface area (Å²) in [6, 6.07) is 6.13. The molecule has 0 unspecified atom stereocenters. The van der Waals surface area contributed by atoms with Gasteiger partial charge in [0.2, 0.25) is 0 Å². The molecule has 98 valence electrons. The van der Waals surface area contributed by atoms with Crippen LogP contribution in [0.5, 0.6) is 0 Å². The number of amides is 1. The van der Waals surface area contributed by atoms with Crippen molar-refractivity contribution >= 4 is 33.6 Å². The highest BCUT2D eigenvalue weighted by atomic mass is 32.1. The molecule has 8 heteroatoms. The lowest BCUT2D eigenvalue weighted by Crippen LogP contribution is -2.11. The number of nitrogens with one attached hydrogen (secondary N) is 1. The molecule has 0 bridgehead atoms. The minimum absolute atomic E-state index is 0.126. The summed E-state index contributed by atoms with van der Waals surface area (Å²) >= 11 is 0.733. The molecule has 0 atom stereocenters. The standard InChI is InChI=1S/C11H8FN3O3S/c12-6-1-2-7(13)8(5-6)14-11(16)9-3-4-10(19-9)15(17)18/h1-5H,13H2,(H,14,16). The van der Waals surface area contributed by atoms with E-state index in [1.807, 2.05) is 0 Å². The molecule has 0 aliphatic carbocycles. The average Bonchev–Trinajstić information content (AvgIpc) is 2.83. The first-order chi connectivity index (χ1) is 8.97. The number of anilines is 2. The number of nitrogens with zero attached hydrogens (tertiary/aromatic N) is 1. The van der Waals surface area contributed by atoms with E-state index in [-0.39, 0.29) is 21.3 Å². The second-order valence-electron chi connectivity index (χ2n) is 3.58. The molecule has 0 spiro atoms. The van der Waals surface area contributed by atoms with Crippen LogP contribution in [-0.4, -0.2) is 10.8 Å². The highest BCUT2D eigenvalue weighted by Crippen LogP contribution is 2.26. The van der Waals surface area contributed by atoms with E-state index in [2.05, 4.69) is 5.32 Å². The number of carbonyl (C=O) groups is 1. The summed E-state index contributed by atoms with van der Waals surface area (Å²) in [4.78, 5) is 21.9. The zero-order valence-electron chi connectivity index (χ0n) is 9.42. The number of nitrogens with two attached hydrogens (primary N) is 1. The first-order valence-electron chi connectivity index (χ1n) is 5.08. The van der Waals surface area contributed by atoms with Crippen molar-refractivity contribution in [2.75, 3.05) is 11.1 Å². The number of hydrogen-bond donors (Lipinski definition) is 2. The van der Waals surface area contributed by atoms with E-state index in [1.54, 1.807) is 0 Å². The normalized spacial score (nSPS) is 10.2. The van der Waals surface area contributed by atoms with Gasteiger partial charge in [-0.25, -0.2) is 4.39 Å². The van der Waals surface area contributed by atoms with Gasteiger partial charge in [0, 0.05) is 6.07 Å².